The average molecular weight is 490 g/mol. The van der Waals surface area contributed by atoms with Gasteiger partial charge in [-0.1, -0.05) is 58.7 Å². The highest BCUT2D eigenvalue weighted by molar-refractivity contribution is 9.10. The molecule has 4 aromatic rings. The third-order valence-corrected chi connectivity index (χ3v) is 5.80. The minimum Gasteiger partial charge on any atom is -0.366 e. The summed E-state index contributed by atoms with van der Waals surface area (Å²) in [5, 5.41) is 0. The molecule has 0 aliphatic carbocycles. The fourth-order valence-corrected chi connectivity index (χ4v) is 3.94. The summed E-state index contributed by atoms with van der Waals surface area (Å²) in [5.41, 5.74) is 13.8. The SMILES string of the molecule is CCc1cccc(C)c1.Cc1ccc(Br)cc1-c1ccc(C)n1-c1cncc(C(N)=O)c1. The second-order valence-corrected chi connectivity index (χ2v) is 8.71. The Kier molecular flexibility index (Phi) is 7.65. The number of aromatic nitrogens is 2. The van der Waals surface area contributed by atoms with Gasteiger partial charge in [-0.25, -0.2) is 0 Å². The van der Waals surface area contributed by atoms with Crippen molar-refractivity contribution in [1.29, 1.82) is 0 Å². The van der Waals surface area contributed by atoms with E-state index in [0.717, 1.165) is 33.5 Å². The molecular weight excluding hydrogens is 462 g/mol. The number of halogens is 1. The van der Waals surface area contributed by atoms with Gasteiger partial charge in [0.05, 0.1) is 23.1 Å². The van der Waals surface area contributed by atoms with E-state index in [4.69, 9.17) is 5.73 Å². The Balaban J connectivity index is 0.000000269. The van der Waals surface area contributed by atoms with Crippen molar-refractivity contribution in [2.45, 2.75) is 34.1 Å². The summed E-state index contributed by atoms with van der Waals surface area (Å²) in [7, 11) is 0. The van der Waals surface area contributed by atoms with Gasteiger partial charge in [0.1, 0.15) is 0 Å². The van der Waals surface area contributed by atoms with Crippen molar-refractivity contribution in [3.05, 3.63) is 105 Å². The number of hydrogen-bond acceptors (Lipinski definition) is 2. The van der Waals surface area contributed by atoms with Crippen LogP contribution in [-0.2, 0) is 6.42 Å². The highest BCUT2D eigenvalue weighted by Gasteiger charge is 2.13. The maximum Gasteiger partial charge on any atom is 0.250 e. The molecule has 2 heterocycles. The van der Waals surface area contributed by atoms with Crippen molar-refractivity contribution >= 4 is 21.8 Å². The number of nitrogens with zero attached hydrogens (tertiary/aromatic N) is 2. The fraction of sp³-hybridized carbons (Fsp3) is 0.185. The second kappa shape index (κ2) is 10.4. The van der Waals surface area contributed by atoms with Gasteiger partial charge in [0.25, 0.3) is 0 Å². The van der Waals surface area contributed by atoms with E-state index in [-0.39, 0.29) is 0 Å². The zero-order valence-corrected chi connectivity index (χ0v) is 20.5. The molecule has 4 nitrogen and oxygen atoms in total. The van der Waals surface area contributed by atoms with E-state index in [0.29, 0.717) is 5.56 Å². The molecule has 5 heteroatoms. The van der Waals surface area contributed by atoms with Crippen LogP contribution in [0.15, 0.2) is 77.5 Å². The molecule has 0 aliphatic rings. The zero-order chi connectivity index (χ0) is 23.3. The Morgan fingerprint density at radius 3 is 2.44 bits per heavy atom. The van der Waals surface area contributed by atoms with Gasteiger partial charge in [-0.2, -0.15) is 0 Å². The van der Waals surface area contributed by atoms with Gasteiger partial charge in [-0.05, 0) is 68.7 Å². The second-order valence-electron chi connectivity index (χ2n) is 7.79. The number of nitrogens with two attached hydrogens (primary N) is 1. The molecule has 0 fully saturated rings. The van der Waals surface area contributed by atoms with E-state index < -0.39 is 5.91 Å². The van der Waals surface area contributed by atoms with Crippen LogP contribution in [0.4, 0.5) is 0 Å². The molecule has 0 bridgehead atoms. The number of amides is 1. The Bertz CT molecular complexity index is 1240. The van der Waals surface area contributed by atoms with E-state index in [2.05, 4.69) is 88.7 Å². The average Bonchev–Trinajstić information content (AvgIpc) is 3.17. The van der Waals surface area contributed by atoms with Crippen LogP contribution >= 0.6 is 15.9 Å². The summed E-state index contributed by atoms with van der Waals surface area (Å²) in [6, 6.07) is 20.7. The van der Waals surface area contributed by atoms with E-state index in [1.807, 2.05) is 19.1 Å². The number of aryl methyl sites for hydroxylation is 4. The van der Waals surface area contributed by atoms with Gasteiger partial charge < -0.3 is 10.3 Å². The van der Waals surface area contributed by atoms with Gasteiger partial charge in [-0.3, -0.25) is 9.78 Å². The van der Waals surface area contributed by atoms with E-state index >= 15 is 0 Å². The summed E-state index contributed by atoms with van der Waals surface area (Å²) >= 11 is 3.53. The number of carbonyl (C=O) groups is 1. The van der Waals surface area contributed by atoms with Gasteiger partial charge in [0.2, 0.25) is 5.91 Å². The maximum atomic E-state index is 11.4. The molecule has 2 N–H and O–H groups in total. The first-order chi connectivity index (χ1) is 15.3. The minimum absolute atomic E-state index is 0.396. The lowest BCUT2D eigenvalue weighted by atomic mass is 10.1. The third-order valence-electron chi connectivity index (χ3n) is 5.31. The Morgan fingerprint density at radius 1 is 1.00 bits per heavy atom. The van der Waals surface area contributed by atoms with Gasteiger partial charge >= 0.3 is 0 Å². The maximum absolute atomic E-state index is 11.4. The smallest absolute Gasteiger partial charge is 0.250 e. The summed E-state index contributed by atoms with van der Waals surface area (Å²) in [6.45, 7) is 8.40. The zero-order valence-electron chi connectivity index (χ0n) is 18.9. The standard InChI is InChI=1S/C18H16BrN3O.C9H12/c1-11-3-5-14(19)8-16(11)17-6-4-12(2)22(17)15-7-13(18(20)23)9-21-10-15;1-3-9-6-4-5-8(2)7-9/h3-10H,1-2H3,(H2,20,23);4-7H,3H2,1-2H3. The molecule has 0 aliphatic heterocycles. The first-order valence-electron chi connectivity index (χ1n) is 10.6. The number of hydrogen-bond donors (Lipinski definition) is 1. The topological polar surface area (TPSA) is 60.9 Å². The van der Waals surface area contributed by atoms with Crippen molar-refractivity contribution in [3.63, 3.8) is 0 Å². The quantitative estimate of drug-likeness (QED) is 0.352. The van der Waals surface area contributed by atoms with Crippen LogP contribution in [0.5, 0.6) is 0 Å². The molecule has 2 aromatic carbocycles. The first-order valence-corrected chi connectivity index (χ1v) is 11.3. The van der Waals surface area contributed by atoms with E-state index in [1.54, 1.807) is 12.3 Å². The minimum atomic E-state index is -0.482. The third kappa shape index (κ3) is 5.54. The fourth-order valence-electron chi connectivity index (χ4n) is 3.58. The Labute approximate surface area is 198 Å². The van der Waals surface area contributed by atoms with Crippen LogP contribution in [0.25, 0.3) is 16.9 Å². The predicted molar refractivity (Wildman–Crippen MR) is 135 cm³/mol. The van der Waals surface area contributed by atoms with Crippen LogP contribution in [-0.4, -0.2) is 15.5 Å². The van der Waals surface area contributed by atoms with Crippen molar-refractivity contribution in [3.8, 4) is 16.9 Å². The summed E-state index contributed by atoms with van der Waals surface area (Å²) in [6.07, 6.45) is 4.35. The van der Waals surface area contributed by atoms with Crippen LogP contribution in [0.1, 0.15) is 39.7 Å². The van der Waals surface area contributed by atoms with Crippen LogP contribution in [0.2, 0.25) is 0 Å². The number of benzene rings is 2. The lowest BCUT2D eigenvalue weighted by Crippen LogP contribution is -2.12. The molecule has 4 rings (SSSR count). The molecule has 0 atom stereocenters. The molecule has 0 saturated carbocycles. The lowest BCUT2D eigenvalue weighted by Gasteiger charge is -2.14. The van der Waals surface area contributed by atoms with Crippen molar-refractivity contribution in [2.75, 3.05) is 0 Å². The molecule has 0 radical (unpaired) electrons. The van der Waals surface area contributed by atoms with Crippen molar-refractivity contribution in [2.24, 2.45) is 5.73 Å². The Morgan fingerprint density at radius 2 is 1.78 bits per heavy atom. The number of rotatable bonds is 4. The molecule has 0 spiro atoms. The van der Waals surface area contributed by atoms with Crippen LogP contribution in [0.3, 0.4) is 0 Å². The van der Waals surface area contributed by atoms with Gasteiger partial charge in [-0.15, -0.1) is 0 Å². The van der Waals surface area contributed by atoms with Crippen LogP contribution in [0, 0.1) is 20.8 Å². The van der Waals surface area contributed by atoms with Gasteiger partial charge in [0, 0.05) is 21.9 Å². The molecule has 0 saturated heterocycles. The molecule has 2 aromatic heterocycles. The highest BCUT2D eigenvalue weighted by atomic mass is 79.9. The summed E-state index contributed by atoms with van der Waals surface area (Å²) in [5.74, 6) is -0.482. The van der Waals surface area contributed by atoms with Crippen molar-refractivity contribution in [1.82, 2.24) is 9.55 Å². The summed E-state index contributed by atoms with van der Waals surface area (Å²) in [4.78, 5) is 15.6. The molecular formula is C27H28BrN3O. The molecule has 0 unspecified atom stereocenters. The lowest BCUT2D eigenvalue weighted by molar-refractivity contribution is 0.1000. The molecule has 164 valence electrons. The highest BCUT2D eigenvalue weighted by Crippen LogP contribution is 2.31. The predicted octanol–water partition coefficient (Wildman–Crippen LogP) is 6.57. The number of pyridine rings is 1. The molecule has 1 amide bonds. The number of primary amides is 1. The monoisotopic (exact) mass is 489 g/mol. The molecule has 32 heavy (non-hydrogen) atoms. The van der Waals surface area contributed by atoms with Crippen molar-refractivity contribution < 1.29 is 4.79 Å². The largest absolute Gasteiger partial charge is 0.366 e. The van der Waals surface area contributed by atoms with Crippen LogP contribution < -0.4 is 5.73 Å². The van der Waals surface area contributed by atoms with Gasteiger partial charge in [0.15, 0.2) is 0 Å². The van der Waals surface area contributed by atoms with E-state index in [9.17, 15) is 4.79 Å². The first kappa shape index (κ1) is 23.5. The Hall–Kier alpha value is -3.18. The number of carbonyl (C=O) groups excluding carboxylic acids is 1. The summed E-state index contributed by atoms with van der Waals surface area (Å²) < 4.78 is 3.10. The normalized spacial score (nSPS) is 10.4. The van der Waals surface area contributed by atoms with E-state index in [1.165, 1.54) is 22.9 Å².